The zero-order chi connectivity index (χ0) is 37.1. The van der Waals surface area contributed by atoms with Crippen molar-refractivity contribution in [3.63, 3.8) is 0 Å². The molecule has 7 rings (SSSR count). The number of para-hydroxylation sites is 2. The van der Waals surface area contributed by atoms with Crippen molar-refractivity contribution < 1.29 is 19.1 Å². The van der Waals surface area contributed by atoms with Crippen molar-refractivity contribution in [3.05, 3.63) is 139 Å². The molecule has 0 aromatic heterocycles. The van der Waals surface area contributed by atoms with Gasteiger partial charge in [-0.1, -0.05) is 103 Å². The van der Waals surface area contributed by atoms with Gasteiger partial charge in [0, 0.05) is 48.6 Å². The summed E-state index contributed by atoms with van der Waals surface area (Å²) in [7, 11) is 0. The number of nitrogens with zero attached hydrogens (tertiary/aromatic N) is 2. The normalized spacial score (nSPS) is 14.6. The molecule has 0 atom stereocenters. The highest BCUT2D eigenvalue weighted by Crippen LogP contribution is 2.40. The number of amides is 3. The van der Waals surface area contributed by atoms with Crippen LogP contribution in [0.5, 0.6) is 0 Å². The van der Waals surface area contributed by atoms with Gasteiger partial charge in [0.25, 0.3) is 5.91 Å². The predicted octanol–water partition coefficient (Wildman–Crippen LogP) is 8.13. The number of hydrogen-bond acceptors (Lipinski definition) is 6. The fourth-order valence-electron chi connectivity index (χ4n) is 6.92. The van der Waals surface area contributed by atoms with Crippen LogP contribution in [0, 0.1) is 5.92 Å². The standard InChI is InChI=1S/C45H47N5O4/c51-43(32-46-31-33-22-23-33)48-37-17-11-16-36(30-37)44(52)47-26-29-49-27-24-38(25-28-49)54-45(53)50(41-20-9-7-18-39(41)34-12-3-1-4-13-34)42-21-10-8-19-40(42)35-14-5-2-6-15-35/h1-21,30,33,38,46H,22-29,31-32H2,(H,47,52)(H,48,51). The van der Waals surface area contributed by atoms with Gasteiger partial charge in [0.15, 0.2) is 0 Å². The van der Waals surface area contributed by atoms with Gasteiger partial charge in [-0.2, -0.15) is 0 Å². The van der Waals surface area contributed by atoms with Crippen molar-refractivity contribution >= 4 is 35.0 Å². The van der Waals surface area contributed by atoms with E-state index < -0.39 is 6.09 Å². The maximum atomic E-state index is 14.4. The summed E-state index contributed by atoms with van der Waals surface area (Å²) in [6.45, 7) is 3.76. The first-order chi connectivity index (χ1) is 26.5. The first kappa shape index (κ1) is 36.6. The van der Waals surface area contributed by atoms with Crippen LogP contribution in [0.1, 0.15) is 36.0 Å². The van der Waals surface area contributed by atoms with E-state index in [0.717, 1.165) is 53.3 Å². The molecule has 0 unspecified atom stereocenters. The lowest BCUT2D eigenvalue weighted by Gasteiger charge is -2.33. The molecule has 276 valence electrons. The highest BCUT2D eigenvalue weighted by molar-refractivity contribution is 6.04. The zero-order valence-electron chi connectivity index (χ0n) is 30.5. The highest BCUT2D eigenvalue weighted by atomic mass is 16.6. The van der Waals surface area contributed by atoms with Crippen LogP contribution in [0.2, 0.25) is 0 Å². The van der Waals surface area contributed by atoms with Crippen molar-refractivity contribution in [2.75, 3.05) is 49.5 Å². The molecule has 1 saturated carbocycles. The van der Waals surface area contributed by atoms with Gasteiger partial charge in [-0.05, 0) is 79.6 Å². The lowest BCUT2D eigenvalue weighted by Crippen LogP contribution is -2.43. The van der Waals surface area contributed by atoms with Gasteiger partial charge in [-0.25, -0.2) is 9.69 Å². The molecular weight excluding hydrogens is 675 g/mol. The Bertz CT molecular complexity index is 1940. The zero-order valence-corrected chi connectivity index (χ0v) is 30.5. The lowest BCUT2D eigenvalue weighted by atomic mass is 10.00. The molecule has 54 heavy (non-hydrogen) atoms. The Hall–Kier alpha value is -5.77. The van der Waals surface area contributed by atoms with Crippen LogP contribution in [0.15, 0.2) is 133 Å². The summed E-state index contributed by atoms with van der Waals surface area (Å²) in [5, 5.41) is 9.08. The second-order valence-corrected chi connectivity index (χ2v) is 14.0. The van der Waals surface area contributed by atoms with E-state index in [1.165, 1.54) is 12.8 Å². The fraction of sp³-hybridized carbons (Fsp3) is 0.267. The molecule has 1 saturated heterocycles. The molecule has 2 aliphatic rings. The number of carbonyl (C=O) groups is 3. The van der Waals surface area contributed by atoms with Gasteiger partial charge in [0.1, 0.15) is 6.10 Å². The van der Waals surface area contributed by atoms with Crippen LogP contribution < -0.4 is 20.9 Å². The predicted molar refractivity (Wildman–Crippen MR) is 215 cm³/mol. The smallest absolute Gasteiger partial charge is 0.419 e. The molecule has 9 heteroatoms. The van der Waals surface area contributed by atoms with Crippen LogP contribution in [0.25, 0.3) is 22.3 Å². The van der Waals surface area contributed by atoms with Gasteiger partial charge in [0.2, 0.25) is 5.91 Å². The summed E-state index contributed by atoms with van der Waals surface area (Å²) in [4.78, 5) is 43.7. The van der Waals surface area contributed by atoms with Gasteiger partial charge in [-0.15, -0.1) is 0 Å². The van der Waals surface area contributed by atoms with Crippen molar-refractivity contribution in [1.82, 2.24) is 15.5 Å². The average molecular weight is 722 g/mol. The fourth-order valence-corrected chi connectivity index (χ4v) is 6.92. The SMILES string of the molecule is O=C(CNCC1CC1)Nc1cccc(C(=O)NCCN2CCC(OC(=O)N(c3ccccc3-c3ccccc3)c3ccccc3-c3ccccc3)CC2)c1. The average Bonchev–Trinajstić information content (AvgIpc) is 4.04. The highest BCUT2D eigenvalue weighted by Gasteiger charge is 2.29. The third-order valence-electron chi connectivity index (χ3n) is 9.98. The van der Waals surface area contributed by atoms with Crippen molar-refractivity contribution in [1.29, 1.82) is 0 Å². The minimum atomic E-state index is -0.416. The number of benzene rings is 5. The molecule has 0 radical (unpaired) electrons. The first-order valence-electron chi connectivity index (χ1n) is 18.9. The number of piperidine rings is 1. The monoisotopic (exact) mass is 721 g/mol. The molecule has 2 fully saturated rings. The maximum absolute atomic E-state index is 14.4. The quantitative estimate of drug-likeness (QED) is 0.107. The number of ether oxygens (including phenoxy) is 1. The van der Waals surface area contributed by atoms with Gasteiger partial charge >= 0.3 is 6.09 Å². The molecule has 9 nitrogen and oxygen atoms in total. The number of nitrogens with one attached hydrogen (secondary N) is 3. The number of likely N-dealkylation sites (tertiary alicyclic amines) is 1. The number of carbonyl (C=O) groups excluding carboxylic acids is 3. The van der Waals surface area contributed by atoms with Crippen molar-refractivity contribution in [2.45, 2.75) is 31.8 Å². The summed E-state index contributed by atoms with van der Waals surface area (Å²) in [6, 6.07) is 43.1. The van der Waals surface area contributed by atoms with Crippen LogP contribution in [0.3, 0.4) is 0 Å². The minimum Gasteiger partial charge on any atom is -0.445 e. The van der Waals surface area contributed by atoms with E-state index in [9.17, 15) is 14.4 Å². The topological polar surface area (TPSA) is 103 Å². The minimum absolute atomic E-state index is 0.121. The third-order valence-corrected chi connectivity index (χ3v) is 9.98. The summed E-state index contributed by atoms with van der Waals surface area (Å²) < 4.78 is 6.32. The van der Waals surface area contributed by atoms with E-state index in [1.54, 1.807) is 29.2 Å². The summed E-state index contributed by atoms with van der Waals surface area (Å²) in [5.41, 5.74) is 6.48. The molecule has 1 aliphatic heterocycles. The number of rotatable bonds is 14. The molecule has 3 N–H and O–H groups in total. The number of hydrogen-bond donors (Lipinski definition) is 3. The maximum Gasteiger partial charge on any atom is 0.419 e. The largest absolute Gasteiger partial charge is 0.445 e. The molecule has 3 amide bonds. The molecule has 1 aliphatic carbocycles. The van der Waals surface area contributed by atoms with Gasteiger partial charge < -0.3 is 25.6 Å². The number of anilines is 3. The molecular formula is C45H47N5O4. The van der Waals surface area contributed by atoms with Gasteiger partial charge in [0.05, 0.1) is 17.9 Å². The molecule has 0 spiro atoms. The van der Waals surface area contributed by atoms with E-state index in [-0.39, 0.29) is 24.5 Å². The van der Waals surface area contributed by atoms with Crippen LogP contribution in [-0.4, -0.2) is 68.2 Å². The van der Waals surface area contributed by atoms with E-state index in [0.29, 0.717) is 43.1 Å². The Labute approximate surface area is 317 Å². The Morgan fingerprint density at radius 3 is 1.89 bits per heavy atom. The lowest BCUT2D eigenvalue weighted by molar-refractivity contribution is -0.115. The molecule has 1 heterocycles. The first-order valence-corrected chi connectivity index (χ1v) is 18.9. The molecule has 0 bridgehead atoms. The van der Waals surface area contributed by atoms with Crippen LogP contribution in [-0.2, 0) is 9.53 Å². The Kier molecular flexibility index (Phi) is 12.1. The van der Waals surface area contributed by atoms with Crippen LogP contribution >= 0.6 is 0 Å². The van der Waals surface area contributed by atoms with E-state index in [4.69, 9.17) is 4.74 Å². The molecule has 5 aromatic rings. The van der Waals surface area contributed by atoms with E-state index in [2.05, 4.69) is 45.1 Å². The van der Waals surface area contributed by atoms with E-state index in [1.807, 2.05) is 84.9 Å². The Morgan fingerprint density at radius 2 is 1.28 bits per heavy atom. The summed E-state index contributed by atoms with van der Waals surface area (Å²) >= 11 is 0. The second-order valence-electron chi connectivity index (χ2n) is 14.0. The van der Waals surface area contributed by atoms with Gasteiger partial charge in [-0.3, -0.25) is 9.59 Å². The van der Waals surface area contributed by atoms with Crippen molar-refractivity contribution in [2.24, 2.45) is 5.92 Å². The third kappa shape index (κ3) is 9.60. The van der Waals surface area contributed by atoms with E-state index >= 15 is 0 Å². The van der Waals surface area contributed by atoms with Crippen molar-refractivity contribution in [3.8, 4) is 22.3 Å². The summed E-state index contributed by atoms with van der Waals surface area (Å²) in [5.74, 6) is 0.394. The Morgan fingerprint density at radius 1 is 0.685 bits per heavy atom. The summed E-state index contributed by atoms with van der Waals surface area (Å²) in [6.07, 6.45) is 3.17. The Balaban J connectivity index is 0.963. The second kappa shape index (κ2) is 17.8. The van der Waals surface area contributed by atoms with Crippen LogP contribution in [0.4, 0.5) is 21.9 Å². The molecule has 5 aromatic carbocycles.